The van der Waals surface area contributed by atoms with Crippen LogP contribution >= 0.6 is 12.2 Å². The maximum atomic E-state index is 5.69. The van der Waals surface area contributed by atoms with Gasteiger partial charge in [-0.15, -0.1) is 0 Å². The van der Waals surface area contributed by atoms with Crippen LogP contribution in [0.15, 0.2) is 66.7 Å². The third-order valence-electron chi connectivity index (χ3n) is 5.04. The van der Waals surface area contributed by atoms with Crippen LogP contribution in [0.4, 0.5) is 11.4 Å². The molecule has 0 saturated carbocycles. The van der Waals surface area contributed by atoms with E-state index in [1.807, 2.05) is 12.1 Å². The standard InChI is InChI=1S/C22H23N3OS/c1-26-19-11-9-18(10-12-19)24-13-15-25(16-14-24)22(27)23-21-8-4-6-17-5-2-3-7-20(17)21/h2-12H,13-16H2,1H3,(H,23,27). The van der Waals surface area contributed by atoms with E-state index in [4.69, 9.17) is 17.0 Å². The van der Waals surface area contributed by atoms with Gasteiger partial charge in [-0.25, -0.2) is 0 Å². The van der Waals surface area contributed by atoms with Gasteiger partial charge in [-0.3, -0.25) is 0 Å². The lowest BCUT2D eigenvalue weighted by atomic mass is 10.1. The third kappa shape index (κ3) is 3.83. The molecule has 138 valence electrons. The van der Waals surface area contributed by atoms with E-state index in [1.165, 1.54) is 16.5 Å². The van der Waals surface area contributed by atoms with E-state index in [0.717, 1.165) is 42.7 Å². The molecule has 0 spiro atoms. The Kier molecular flexibility index (Phi) is 5.12. The van der Waals surface area contributed by atoms with Gasteiger partial charge in [0, 0.05) is 42.9 Å². The quantitative estimate of drug-likeness (QED) is 0.685. The Morgan fingerprint density at radius 1 is 0.889 bits per heavy atom. The van der Waals surface area contributed by atoms with Crippen molar-refractivity contribution in [2.45, 2.75) is 0 Å². The van der Waals surface area contributed by atoms with Gasteiger partial charge < -0.3 is 19.9 Å². The minimum absolute atomic E-state index is 0.792. The molecule has 0 bridgehead atoms. The molecule has 1 aliphatic rings. The number of hydrogen-bond donors (Lipinski definition) is 1. The molecule has 0 aliphatic carbocycles. The van der Waals surface area contributed by atoms with Crippen LogP contribution in [-0.2, 0) is 0 Å². The van der Waals surface area contributed by atoms with E-state index in [2.05, 4.69) is 69.7 Å². The van der Waals surface area contributed by atoms with Crippen molar-refractivity contribution in [2.24, 2.45) is 0 Å². The van der Waals surface area contributed by atoms with Crippen molar-refractivity contribution in [1.82, 2.24) is 4.90 Å². The topological polar surface area (TPSA) is 27.7 Å². The minimum atomic E-state index is 0.792. The highest BCUT2D eigenvalue weighted by molar-refractivity contribution is 7.80. The summed E-state index contributed by atoms with van der Waals surface area (Å²) in [7, 11) is 1.69. The van der Waals surface area contributed by atoms with Crippen molar-refractivity contribution in [3.8, 4) is 5.75 Å². The molecule has 1 heterocycles. The fourth-order valence-corrected chi connectivity index (χ4v) is 3.78. The predicted molar refractivity (Wildman–Crippen MR) is 117 cm³/mol. The first-order valence-corrected chi connectivity index (χ1v) is 9.58. The number of methoxy groups -OCH3 is 1. The fraction of sp³-hybridized carbons (Fsp3) is 0.227. The van der Waals surface area contributed by atoms with Gasteiger partial charge in [0.2, 0.25) is 0 Å². The van der Waals surface area contributed by atoms with Gasteiger partial charge in [0.05, 0.1) is 7.11 Å². The van der Waals surface area contributed by atoms with Crippen LogP contribution in [0, 0.1) is 0 Å². The molecule has 1 fully saturated rings. The number of benzene rings is 3. The van der Waals surface area contributed by atoms with E-state index in [-0.39, 0.29) is 0 Å². The van der Waals surface area contributed by atoms with Gasteiger partial charge in [-0.05, 0) is 47.9 Å². The predicted octanol–water partition coefficient (Wildman–Crippen LogP) is 4.37. The zero-order chi connectivity index (χ0) is 18.6. The molecule has 0 unspecified atom stereocenters. The summed E-state index contributed by atoms with van der Waals surface area (Å²) < 4.78 is 5.24. The molecule has 3 aromatic rings. The SMILES string of the molecule is COc1ccc(N2CCN(C(=S)Nc3cccc4ccccc34)CC2)cc1. The number of ether oxygens (including phenoxy) is 1. The number of fused-ring (bicyclic) bond motifs is 1. The summed E-state index contributed by atoms with van der Waals surface area (Å²) in [5.74, 6) is 0.887. The molecule has 4 nitrogen and oxygen atoms in total. The maximum Gasteiger partial charge on any atom is 0.173 e. The average Bonchev–Trinajstić information content (AvgIpc) is 2.74. The summed E-state index contributed by atoms with van der Waals surface area (Å²) in [6.45, 7) is 3.71. The summed E-state index contributed by atoms with van der Waals surface area (Å²) in [6.07, 6.45) is 0. The molecule has 0 aromatic heterocycles. The Hall–Kier alpha value is -2.79. The van der Waals surface area contributed by atoms with Crippen LogP contribution in [0.1, 0.15) is 0 Å². The Labute approximate surface area is 165 Å². The molecule has 0 amide bonds. The number of thiocarbonyl (C=S) groups is 1. The number of piperazine rings is 1. The summed E-state index contributed by atoms with van der Waals surface area (Å²) in [6, 6.07) is 22.9. The van der Waals surface area contributed by atoms with E-state index in [0.29, 0.717) is 0 Å². The molecule has 1 aliphatic heterocycles. The first-order valence-electron chi connectivity index (χ1n) is 9.17. The highest BCUT2D eigenvalue weighted by Crippen LogP contribution is 2.24. The molecule has 5 heteroatoms. The fourth-order valence-electron chi connectivity index (χ4n) is 3.49. The molecule has 4 rings (SSSR count). The minimum Gasteiger partial charge on any atom is -0.497 e. The molecular formula is C22H23N3OS. The molecule has 27 heavy (non-hydrogen) atoms. The van der Waals surface area contributed by atoms with Gasteiger partial charge in [0.1, 0.15) is 5.75 Å². The van der Waals surface area contributed by atoms with Crippen molar-refractivity contribution < 1.29 is 4.74 Å². The van der Waals surface area contributed by atoms with Crippen molar-refractivity contribution >= 4 is 39.5 Å². The summed E-state index contributed by atoms with van der Waals surface area (Å²) in [5.41, 5.74) is 2.29. The lowest BCUT2D eigenvalue weighted by Crippen LogP contribution is -2.50. The summed E-state index contributed by atoms with van der Waals surface area (Å²) in [4.78, 5) is 4.63. The average molecular weight is 378 g/mol. The van der Waals surface area contributed by atoms with Gasteiger partial charge in [0.15, 0.2) is 5.11 Å². The van der Waals surface area contributed by atoms with Gasteiger partial charge in [-0.2, -0.15) is 0 Å². The molecule has 0 radical (unpaired) electrons. The van der Waals surface area contributed by atoms with Gasteiger partial charge in [0.25, 0.3) is 0 Å². The number of nitrogens with zero attached hydrogens (tertiary/aromatic N) is 2. The van der Waals surface area contributed by atoms with Crippen LogP contribution in [0.5, 0.6) is 5.75 Å². The van der Waals surface area contributed by atoms with E-state index in [9.17, 15) is 0 Å². The van der Waals surface area contributed by atoms with Crippen LogP contribution in [0.2, 0.25) is 0 Å². The van der Waals surface area contributed by atoms with E-state index < -0.39 is 0 Å². The highest BCUT2D eigenvalue weighted by atomic mass is 32.1. The first-order chi connectivity index (χ1) is 13.2. The Balaban J connectivity index is 1.39. The molecule has 0 atom stereocenters. The Morgan fingerprint density at radius 2 is 1.59 bits per heavy atom. The normalized spacial score (nSPS) is 14.3. The zero-order valence-corrected chi connectivity index (χ0v) is 16.2. The number of rotatable bonds is 3. The van der Waals surface area contributed by atoms with Crippen LogP contribution in [-0.4, -0.2) is 43.3 Å². The number of hydrogen-bond acceptors (Lipinski definition) is 3. The van der Waals surface area contributed by atoms with Gasteiger partial charge in [-0.1, -0.05) is 36.4 Å². The van der Waals surface area contributed by atoms with Crippen LogP contribution in [0.3, 0.4) is 0 Å². The van der Waals surface area contributed by atoms with Crippen molar-refractivity contribution in [3.05, 3.63) is 66.7 Å². The highest BCUT2D eigenvalue weighted by Gasteiger charge is 2.19. The van der Waals surface area contributed by atoms with Crippen molar-refractivity contribution in [2.75, 3.05) is 43.5 Å². The Morgan fingerprint density at radius 3 is 2.33 bits per heavy atom. The summed E-state index contributed by atoms with van der Waals surface area (Å²) >= 11 is 5.69. The largest absolute Gasteiger partial charge is 0.497 e. The van der Waals surface area contributed by atoms with E-state index in [1.54, 1.807) is 7.11 Å². The Bertz CT molecular complexity index is 928. The van der Waals surface area contributed by atoms with Crippen LogP contribution < -0.4 is 15.0 Å². The second-order valence-electron chi connectivity index (χ2n) is 6.63. The zero-order valence-electron chi connectivity index (χ0n) is 15.4. The van der Waals surface area contributed by atoms with E-state index >= 15 is 0 Å². The first kappa shape index (κ1) is 17.6. The number of nitrogens with one attached hydrogen (secondary N) is 1. The second-order valence-corrected chi connectivity index (χ2v) is 7.02. The molecule has 1 N–H and O–H groups in total. The van der Waals surface area contributed by atoms with Crippen molar-refractivity contribution in [3.63, 3.8) is 0 Å². The maximum absolute atomic E-state index is 5.69. The monoisotopic (exact) mass is 377 g/mol. The second kappa shape index (κ2) is 7.84. The van der Waals surface area contributed by atoms with Gasteiger partial charge >= 0.3 is 0 Å². The smallest absolute Gasteiger partial charge is 0.173 e. The van der Waals surface area contributed by atoms with Crippen LogP contribution in [0.25, 0.3) is 10.8 Å². The lowest BCUT2D eigenvalue weighted by Gasteiger charge is -2.37. The molecular weight excluding hydrogens is 354 g/mol. The molecule has 1 saturated heterocycles. The number of anilines is 2. The van der Waals surface area contributed by atoms with Crippen molar-refractivity contribution in [1.29, 1.82) is 0 Å². The summed E-state index contributed by atoms with van der Waals surface area (Å²) in [5, 5.41) is 6.65. The molecule has 3 aromatic carbocycles. The lowest BCUT2D eigenvalue weighted by molar-refractivity contribution is 0.390. The third-order valence-corrected chi connectivity index (χ3v) is 5.40.